The summed E-state index contributed by atoms with van der Waals surface area (Å²) in [5, 5.41) is 3.62. The molecule has 1 aromatic heterocycles. The minimum Gasteiger partial charge on any atom is -0.491 e. The second kappa shape index (κ2) is 8.69. The van der Waals surface area contributed by atoms with E-state index < -0.39 is 23.0 Å². The van der Waals surface area contributed by atoms with Gasteiger partial charge in [0.2, 0.25) is 0 Å². The average molecular weight is 492 g/mol. The highest BCUT2D eigenvalue weighted by Crippen LogP contribution is 2.41. The highest BCUT2D eigenvalue weighted by atomic mass is 19.4. The van der Waals surface area contributed by atoms with Crippen LogP contribution in [-0.4, -0.2) is 52.1 Å². The number of Topliss-reactive ketones (excluding diaryl/α,β-unsaturated/α-hetero) is 1. The molecule has 0 bridgehead atoms. The van der Waals surface area contributed by atoms with Crippen molar-refractivity contribution in [3.05, 3.63) is 52.8 Å². The molecule has 1 saturated heterocycles. The fourth-order valence-corrected chi connectivity index (χ4v) is 5.37. The summed E-state index contributed by atoms with van der Waals surface area (Å²) in [6.45, 7) is 10.8. The lowest BCUT2D eigenvalue weighted by Crippen LogP contribution is -2.63. The van der Waals surface area contributed by atoms with Gasteiger partial charge < -0.3 is 14.2 Å². The lowest BCUT2D eigenvalue weighted by molar-refractivity contribution is -0.0892. The first-order valence-electron chi connectivity index (χ1n) is 11.9. The van der Waals surface area contributed by atoms with Crippen LogP contribution in [0.1, 0.15) is 72.6 Å². The van der Waals surface area contributed by atoms with Crippen LogP contribution in [0.4, 0.5) is 13.2 Å². The second-order valence-electron chi connectivity index (χ2n) is 10.5. The van der Waals surface area contributed by atoms with Gasteiger partial charge in [-0.25, -0.2) is 0 Å². The summed E-state index contributed by atoms with van der Waals surface area (Å²) in [7, 11) is 0. The number of nitrogens with one attached hydrogen (secondary N) is 1. The molecule has 6 nitrogen and oxygen atoms in total. The Morgan fingerprint density at radius 3 is 2.31 bits per heavy atom. The van der Waals surface area contributed by atoms with Crippen LogP contribution in [0.25, 0.3) is 0 Å². The molecule has 2 aliphatic rings. The van der Waals surface area contributed by atoms with E-state index in [-0.39, 0.29) is 24.2 Å². The molecule has 1 aromatic carbocycles. The van der Waals surface area contributed by atoms with E-state index in [1.54, 1.807) is 17.0 Å². The first-order valence-corrected chi connectivity index (χ1v) is 11.9. The number of hydrogen-bond donors (Lipinski definition) is 1. The van der Waals surface area contributed by atoms with Gasteiger partial charge in [0.05, 0.1) is 17.3 Å². The number of benzene rings is 1. The molecular weight excluding hydrogens is 459 g/mol. The third-order valence-electron chi connectivity index (χ3n) is 6.78. The quantitative estimate of drug-likeness (QED) is 0.622. The van der Waals surface area contributed by atoms with Gasteiger partial charge in [-0.3, -0.25) is 14.9 Å². The lowest BCUT2D eigenvalue weighted by Gasteiger charge is -2.51. The standard InChI is InChI=1S/C26H32F3N3O3/c1-16(2)35-20-8-6-18(14-17(20)3)23(34)31-12-10-25(11-13-31)21-9-7-19(22(33)26(27,28)29)32(21)15-24(4,5)30-25/h6-9,14,16,30H,10-13,15H2,1-5H3. The summed E-state index contributed by atoms with van der Waals surface area (Å²) >= 11 is 0. The molecule has 9 heteroatoms. The third kappa shape index (κ3) is 4.83. The van der Waals surface area contributed by atoms with Crippen molar-refractivity contribution < 1.29 is 27.5 Å². The first-order chi connectivity index (χ1) is 16.2. The molecule has 4 rings (SSSR count). The van der Waals surface area contributed by atoms with E-state index in [4.69, 9.17) is 4.74 Å². The van der Waals surface area contributed by atoms with Crippen LogP contribution in [-0.2, 0) is 12.1 Å². The van der Waals surface area contributed by atoms with Gasteiger partial charge in [0.1, 0.15) is 5.75 Å². The van der Waals surface area contributed by atoms with Crippen molar-refractivity contribution in [3.8, 4) is 5.75 Å². The smallest absolute Gasteiger partial charge is 0.456 e. The molecule has 1 spiro atoms. The van der Waals surface area contributed by atoms with E-state index >= 15 is 0 Å². The fourth-order valence-electron chi connectivity index (χ4n) is 5.37. The summed E-state index contributed by atoms with van der Waals surface area (Å²) in [6.07, 6.45) is -3.84. The molecule has 1 N–H and O–H groups in total. The molecule has 35 heavy (non-hydrogen) atoms. The number of ether oxygens (including phenoxy) is 1. The molecule has 0 unspecified atom stereocenters. The van der Waals surface area contributed by atoms with Crippen LogP contribution in [0, 0.1) is 6.92 Å². The van der Waals surface area contributed by atoms with E-state index in [9.17, 15) is 22.8 Å². The zero-order chi connectivity index (χ0) is 25.8. The van der Waals surface area contributed by atoms with Crippen molar-refractivity contribution in [2.24, 2.45) is 0 Å². The van der Waals surface area contributed by atoms with Crippen molar-refractivity contribution in [2.75, 3.05) is 13.1 Å². The maximum absolute atomic E-state index is 13.2. The summed E-state index contributed by atoms with van der Waals surface area (Å²) in [5.74, 6) is -1.17. The molecule has 0 atom stereocenters. The summed E-state index contributed by atoms with van der Waals surface area (Å²) in [6, 6.07) is 8.30. The number of rotatable bonds is 4. The molecule has 2 aromatic rings. The van der Waals surface area contributed by atoms with Gasteiger partial charge >= 0.3 is 6.18 Å². The number of nitrogens with zero attached hydrogens (tertiary/aromatic N) is 2. The molecule has 1 amide bonds. The van der Waals surface area contributed by atoms with Gasteiger partial charge in [0, 0.05) is 36.4 Å². The normalized spacial score (nSPS) is 19.1. The van der Waals surface area contributed by atoms with E-state index in [2.05, 4.69) is 5.32 Å². The Morgan fingerprint density at radius 1 is 1.09 bits per heavy atom. The van der Waals surface area contributed by atoms with Gasteiger partial charge in [-0.05, 0) is 83.4 Å². The number of halogens is 3. The predicted octanol–water partition coefficient (Wildman–Crippen LogP) is 4.84. The van der Waals surface area contributed by atoms with Crippen molar-refractivity contribution in [3.63, 3.8) is 0 Å². The van der Waals surface area contributed by atoms with Crippen LogP contribution in [0.15, 0.2) is 30.3 Å². The highest BCUT2D eigenvalue weighted by Gasteiger charge is 2.49. The SMILES string of the molecule is Cc1cc(C(=O)N2CCC3(CC2)NC(C)(C)Cn2c(C(=O)C(F)(F)F)ccc23)ccc1OC(C)C. The maximum Gasteiger partial charge on any atom is 0.456 e. The van der Waals surface area contributed by atoms with Gasteiger partial charge in [0.25, 0.3) is 11.7 Å². The minimum absolute atomic E-state index is 0.0340. The maximum atomic E-state index is 13.2. The topological polar surface area (TPSA) is 63.6 Å². The Kier molecular flexibility index (Phi) is 6.28. The van der Waals surface area contributed by atoms with Crippen molar-refractivity contribution in [1.82, 2.24) is 14.8 Å². The number of piperidine rings is 1. The lowest BCUT2D eigenvalue weighted by atomic mass is 9.79. The minimum atomic E-state index is -4.93. The van der Waals surface area contributed by atoms with E-state index in [0.29, 0.717) is 37.2 Å². The zero-order valence-electron chi connectivity index (χ0n) is 20.8. The second-order valence-corrected chi connectivity index (χ2v) is 10.5. The van der Waals surface area contributed by atoms with Gasteiger partial charge in [0.15, 0.2) is 0 Å². The molecular formula is C26H32F3N3O3. The van der Waals surface area contributed by atoms with E-state index in [1.807, 2.05) is 46.8 Å². The van der Waals surface area contributed by atoms with Crippen LogP contribution in [0.5, 0.6) is 5.75 Å². The van der Waals surface area contributed by atoms with E-state index in [0.717, 1.165) is 11.3 Å². The summed E-state index contributed by atoms with van der Waals surface area (Å²) < 4.78 is 46.9. The monoisotopic (exact) mass is 491 g/mol. The third-order valence-corrected chi connectivity index (χ3v) is 6.78. The molecule has 3 heterocycles. The van der Waals surface area contributed by atoms with Crippen LogP contribution in [0.3, 0.4) is 0 Å². The van der Waals surface area contributed by atoms with Gasteiger partial charge in [-0.1, -0.05) is 0 Å². The van der Waals surface area contributed by atoms with Crippen LogP contribution in [0.2, 0.25) is 0 Å². The number of likely N-dealkylation sites (tertiary alicyclic amines) is 1. The highest BCUT2D eigenvalue weighted by molar-refractivity contribution is 5.99. The van der Waals surface area contributed by atoms with Crippen molar-refractivity contribution in [1.29, 1.82) is 0 Å². The number of alkyl halides is 3. The number of ketones is 1. The van der Waals surface area contributed by atoms with Crippen LogP contribution >= 0.6 is 0 Å². The predicted molar refractivity (Wildman–Crippen MR) is 126 cm³/mol. The Hall–Kier alpha value is -2.81. The van der Waals surface area contributed by atoms with Crippen LogP contribution < -0.4 is 10.1 Å². The Labute approximate surface area is 203 Å². The van der Waals surface area contributed by atoms with Crippen molar-refractivity contribution in [2.45, 2.75) is 77.4 Å². The first kappa shape index (κ1) is 25.3. The number of aromatic nitrogens is 1. The molecule has 0 aliphatic carbocycles. The Morgan fingerprint density at radius 2 is 1.74 bits per heavy atom. The molecule has 1 fully saturated rings. The summed E-state index contributed by atoms with van der Waals surface area (Å²) in [4.78, 5) is 27.1. The van der Waals surface area contributed by atoms with E-state index in [1.165, 1.54) is 10.6 Å². The zero-order valence-corrected chi connectivity index (χ0v) is 20.8. The number of carbonyl (C=O) groups excluding carboxylic acids is 2. The number of fused-ring (bicyclic) bond motifs is 2. The summed E-state index contributed by atoms with van der Waals surface area (Å²) in [5.41, 5.74) is 0.651. The fraction of sp³-hybridized carbons (Fsp3) is 0.538. The Balaban J connectivity index is 1.56. The molecule has 190 valence electrons. The largest absolute Gasteiger partial charge is 0.491 e. The number of hydrogen-bond acceptors (Lipinski definition) is 4. The number of carbonyl (C=O) groups is 2. The average Bonchev–Trinajstić information content (AvgIpc) is 3.17. The van der Waals surface area contributed by atoms with Gasteiger partial charge in [-0.2, -0.15) is 13.2 Å². The van der Waals surface area contributed by atoms with Gasteiger partial charge in [-0.15, -0.1) is 0 Å². The molecule has 0 saturated carbocycles. The Bertz CT molecular complexity index is 1140. The molecule has 0 radical (unpaired) electrons. The molecule has 2 aliphatic heterocycles. The number of aryl methyl sites for hydroxylation is 1. The van der Waals surface area contributed by atoms with Crippen molar-refractivity contribution >= 4 is 11.7 Å². The number of amides is 1.